The average molecular weight is 406 g/mol. The van der Waals surface area contributed by atoms with Gasteiger partial charge in [-0.25, -0.2) is 13.2 Å². The maximum absolute atomic E-state index is 12.5. The molecule has 9 heteroatoms. The second-order valence-electron chi connectivity index (χ2n) is 5.43. The number of nitrogens with one attached hydrogen (secondary N) is 1. The summed E-state index contributed by atoms with van der Waals surface area (Å²) in [5, 5.41) is 9.71. The molecule has 1 aromatic heterocycles. The van der Waals surface area contributed by atoms with Gasteiger partial charge in [0.05, 0.1) is 16.3 Å². The minimum Gasteiger partial charge on any atom is -0.478 e. The maximum Gasteiger partial charge on any atom is 0.338 e. The highest BCUT2D eigenvalue weighted by Crippen LogP contribution is 2.36. The second-order valence-corrected chi connectivity index (χ2v) is 9.40. The Kier molecular flexibility index (Phi) is 4.79. The lowest BCUT2D eigenvalue weighted by Crippen LogP contribution is -2.18. The van der Waals surface area contributed by atoms with Gasteiger partial charge in [-0.1, -0.05) is 29.3 Å². The first-order valence-corrected chi connectivity index (χ1v) is 10.2. The van der Waals surface area contributed by atoms with Gasteiger partial charge in [0, 0.05) is 0 Å². The number of sulfonamides is 1. The van der Waals surface area contributed by atoms with Crippen molar-refractivity contribution in [2.75, 3.05) is 4.72 Å². The molecule has 0 spiro atoms. The molecule has 2 aromatic rings. The predicted molar refractivity (Wildman–Crippen MR) is 95.2 cm³/mol. The number of rotatable bonds is 4. The number of benzene rings is 1. The molecule has 0 aliphatic heterocycles. The van der Waals surface area contributed by atoms with Gasteiger partial charge in [-0.15, -0.1) is 11.3 Å². The van der Waals surface area contributed by atoms with E-state index in [4.69, 9.17) is 23.2 Å². The van der Waals surface area contributed by atoms with Crippen molar-refractivity contribution in [3.8, 4) is 0 Å². The fraction of sp³-hybridized carbons (Fsp3) is 0.267. The van der Waals surface area contributed by atoms with Crippen LogP contribution in [0.4, 0.5) is 5.69 Å². The average Bonchev–Trinajstić information content (AvgIpc) is 2.86. The first-order chi connectivity index (χ1) is 11.3. The third-order valence-electron chi connectivity index (χ3n) is 3.88. The summed E-state index contributed by atoms with van der Waals surface area (Å²) in [5.41, 5.74) is 1.74. The normalized spacial score (nSPS) is 14.2. The van der Waals surface area contributed by atoms with Gasteiger partial charge in [-0.3, -0.25) is 4.72 Å². The van der Waals surface area contributed by atoms with Gasteiger partial charge in [0.15, 0.2) is 0 Å². The van der Waals surface area contributed by atoms with E-state index in [0.29, 0.717) is 12.0 Å². The second kappa shape index (κ2) is 6.55. The van der Waals surface area contributed by atoms with Crippen molar-refractivity contribution in [2.24, 2.45) is 0 Å². The van der Waals surface area contributed by atoms with Crippen molar-refractivity contribution in [3.63, 3.8) is 0 Å². The van der Waals surface area contributed by atoms with Gasteiger partial charge in [0.1, 0.15) is 8.55 Å². The van der Waals surface area contributed by atoms with Crippen molar-refractivity contribution >= 4 is 56.2 Å². The van der Waals surface area contributed by atoms with E-state index in [0.717, 1.165) is 36.2 Å². The van der Waals surface area contributed by atoms with E-state index in [2.05, 4.69) is 4.72 Å². The summed E-state index contributed by atoms with van der Waals surface area (Å²) in [7, 11) is -3.96. The van der Waals surface area contributed by atoms with E-state index >= 15 is 0 Å². The summed E-state index contributed by atoms with van der Waals surface area (Å²) in [4.78, 5) is 11.7. The molecule has 0 amide bonds. The van der Waals surface area contributed by atoms with Crippen LogP contribution in [0.3, 0.4) is 0 Å². The van der Waals surface area contributed by atoms with Crippen molar-refractivity contribution in [1.82, 2.24) is 0 Å². The molecular weight excluding hydrogens is 393 g/mol. The van der Waals surface area contributed by atoms with Crippen LogP contribution in [0.2, 0.25) is 9.36 Å². The standard InChI is InChI=1S/C15H13Cl2NO4S2/c16-10-7-12(23-14(10)17)24(21,22)18-11-6-5-8-3-1-2-4-9(8)13(11)15(19)20/h5-7,18H,1-4H2,(H,19,20). The molecule has 0 atom stereocenters. The van der Waals surface area contributed by atoms with E-state index < -0.39 is 16.0 Å². The molecule has 0 fully saturated rings. The van der Waals surface area contributed by atoms with Crippen molar-refractivity contribution < 1.29 is 18.3 Å². The molecule has 3 rings (SSSR count). The number of fused-ring (bicyclic) bond motifs is 1. The molecule has 0 radical (unpaired) electrons. The summed E-state index contributed by atoms with van der Waals surface area (Å²) >= 11 is 12.4. The maximum atomic E-state index is 12.5. The zero-order chi connectivity index (χ0) is 17.5. The van der Waals surface area contributed by atoms with E-state index in [-0.39, 0.29) is 24.8 Å². The summed E-state index contributed by atoms with van der Waals surface area (Å²) in [6.45, 7) is 0. The molecule has 128 valence electrons. The van der Waals surface area contributed by atoms with Crippen molar-refractivity contribution in [3.05, 3.63) is 44.2 Å². The Bertz CT molecular complexity index is 902. The minimum absolute atomic E-state index is 0.0181. The summed E-state index contributed by atoms with van der Waals surface area (Å²) < 4.78 is 27.5. The summed E-state index contributed by atoms with van der Waals surface area (Å²) in [5.74, 6) is -1.14. The van der Waals surface area contributed by atoms with Crippen LogP contribution >= 0.6 is 34.5 Å². The molecule has 1 heterocycles. The van der Waals surface area contributed by atoms with E-state index in [1.807, 2.05) is 0 Å². The number of hydrogen-bond donors (Lipinski definition) is 2. The van der Waals surface area contributed by atoms with Gasteiger partial charge in [0.25, 0.3) is 10.0 Å². The lowest BCUT2D eigenvalue weighted by molar-refractivity contribution is 0.0696. The number of carboxylic acids is 1. The monoisotopic (exact) mass is 405 g/mol. The first-order valence-electron chi connectivity index (χ1n) is 7.15. The number of carboxylic acid groups (broad SMARTS) is 1. The molecule has 1 aliphatic carbocycles. The molecule has 1 aliphatic rings. The highest BCUT2D eigenvalue weighted by molar-refractivity contribution is 7.94. The highest BCUT2D eigenvalue weighted by Gasteiger charge is 2.25. The van der Waals surface area contributed by atoms with Crippen LogP contribution in [0.25, 0.3) is 0 Å². The van der Waals surface area contributed by atoms with Gasteiger partial charge < -0.3 is 5.11 Å². The highest BCUT2D eigenvalue weighted by atomic mass is 35.5. The molecule has 5 nitrogen and oxygen atoms in total. The Morgan fingerprint density at radius 3 is 2.54 bits per heavy atom. The number of halogens is 2. The zero-order valence-corrected chi connectivity index (χ0v) is 15.4. The number of aryl methyl sites for hydroxylation is 1. The predicted octanol–water partition coefficient (Wildman–Crippen LogP) is 4.43. The Balaban J connectivity index is 2.05. The first kappa shape index (κ1) is 17.5. The van der Waals surface area contributed by atoms with E-state index in [1.54, 1.807) is 6.07 Å². The van der Waals surface area contributed by atoms with Crippen LogP contribution in [-0.4, -0.2) is 19.5 Å². The number of thiophene rings is 1. The fourth-order valence-electron chi connectivity index (χ4n) is 2.81. The molecule has 0 unspecified atom stereocenters. The Morgan fingerprint density at radius 2 is 1.92 bits per heavy atom. The SMILES string of the molecule is O=C(O)c1c(NS(=O)(=O)c2cc(Cl)c(Cl)s2)ccc2c1CCCC2. The topological polar surface area (TPSA) is 83.5 Å². The lowest BCUT2D eigenvalue weighted by Gasteiger charge is -2.20. The molecular formula is C15H13Cl2NO4S2. The van der Waals surface area contributed by atoms with Crippen LogP contribution in [-0.2, 0) is 22.9 Å². The largest absolute Gasteiger partial charge is 0.478 e. The van der Waals surface area contributed by atoms with Crippen LogP contribution in [0.15, 0.2) is 22.4 Å². The quantitative estimate of drug-likeness (QED) is 0.787. The minimum atomic E-state index is -3.96. The van der Waals surface area contributed by atoms with Crippen molar-refractivity contribution in [2.45, 2.75) is 29.9 Å². The molecule has 2 N–H and O–H groups in total. The Morgan fingerprint density at radius 1 is 1.21 bits per heavy atom. The molecule has 1 aromatic carbocycles. The lowest BCUT2D eigenvalue weighted by atomic mass is 9.87. The van der Waals surface area contributed by atoms with Crippen LogP contribution in [0, 0.1) is 0 Å². The van der Waals surface area contributed by atoms with E-state index in [1.165, 1.54) is 12.1 Å². The van der Waals surface area contributed by atoms with Crippen LogP contribution < -0.4 is 4.72 Å². The zero-order valence-electron chi connectivity index (χ0n) is 12.3. The number of anilines is 1. The van der Waals surface area contributed by atoms with Gasteiger partial charge in [-0.2, -0.15) is 0 Å². The molecule has 0 saturated carbocycles. The Hall–Kier alpha value is -1.28. The Labute approximate surface area is 153 Å². The van der Waals surface area contributed by atoms with Crippen molar-refractivity contribution in [1.29, 1.82) is 0 Å². The van der Waals surface area contributed by atoms with Crippen LogP contribution in [0.1, 0.15) is 34.3 Å². The number of aromatic carboxylic acids is 1. The molecule has 24 heavy (non-hydrogen) atoms. The smallest absolute Gasteiger partial charge is 0.338 e. The van der Waals surface area contributed by atoms with Gasteiger partial charge in [0.2, 0.25) is 0 Å². The fourth-order valence-corrected chi connectivity index (χ4v) is 5.76. The van der Waals surface area contributed by atoms with Gasteiger partial charge >= 0.3 is 5.97 Å². The third kappa shape index (κ3) is 3.26. The van der Waals surface area contributed by atoms with Gasteiger partial charge in [-0.05, 0) is 48.9 Å². The summed E-state index contributed by atoms with van der Waals surface area (Å²) in [6.07, 6.45) is 3.32. The summed E-state index contributed by atoms with van der Waals surface area (Å²) in [6, 6.07) is 4.53. The molecule has 0 bridgehead atoms. The number of carbonyl (C=O) groups is 1. The number of hydrogen-bond acceptors (Lipinski definition) is 4. The third-order valence-corrected chi connectivity index (χ3v) is 7.58. The van der Waals surface area contributed by atoms with E-state index in [9.17, 15) is 18.3 Å². The molecule has 0 saturated heterocycles. The van der Waals surface area contributed by atoms with Crippen LogP contribution in [0.5, 0.6) is 0 Å².